The van der Waals surface area contributed by atoms with Crippen molar-refractivity contribution in [2.24, 2.45) is 5.73 Å². The first-order chi connectivity index (χ1) is 17.6. The highest BCUT2D eigenvalue weighted by molar-refractivity contribution is 9.10. The average Bonchev–Trinajstić information content (AvgIpc) is 2.86. The smallest absolute Gasteiger partial charge is 0.429 e. The second-order valence-electron chi connectivity index (χ2n) is 9.53. The van der Waals surface area contributed by atoms with Crippen LogP contribution in [0.4, 0.5) is 4.79 Å². The number of nitrogens with two attached hydrogens (primary N) is 1. The summed E-state index contributed by atoms with van der Waals surface area (Å²) in [5.41, 5.74) is 6.76. The largest absolute Gasteiger partial charge is 0.514 e. The van der Waals surface area contributed by atoms with Crippen LogP contribution in [0.25, 0.3) is 0 Å². The molecule has 0 aliphatic rings. The minimum atomic E-state index is -0.815. The maximum absolute atomic E-state index is 13.0. The predicted molar refractivity (Wildman–Crippen MR) is 147 cm³/mol. The van der Waals surface area contributed by atoms with Crippen LogP contribution < -0.4 is 21.1 Å². The second kappa shape index (κ2) is 15.4. The van der Waals surface area contributed by atoms with Gasteiger partial charge in [-0.3, -0.25) is 9.59 Å². The van der Waals surface area contributed by atoms with Crippen LogP contribution in [0.15, 0.2) is 53.0 Å². The van der Waals surface area contributed by atoms with Crippen LogP contribution in [0.1, 0.15) is 64.0 Å². The molecule has 2 aromatic rings. The molecule has 1 atom stereocenters. The summed E-state index contributed by atoms with van der Waals surface area (Å²) < 4.78 is 11.3. The molecule has 0 radical (unpaired) electrons. The summed E-state index contributed by atoms with van der Waals surface area (Å²) in [7, 11) is 0. The highest BCUT2D eigenvalue weighted by Gasteiger charge is 2.26. The Morgan fingerprint density at radius 1 is 1.03 bits per heavy atom. The van der Waals surface area contributed by atoms with Crippen LogP contribution in [-0.2, 0) is 27.4 Å². The minimum absolute atomic E-state index is 0.0785. The van der Waals surface area contributed by atoms with Gasteiger partial charge in [-0.05, 0) is 63.4 Å². The summed E-state index contributed by atoms with van der Waals surface area (Å²) in [4.78, 5) is 37.6. The van der Waals surface area contributed by atoms with E-state index in [9.17, 15) is 14.4 Å². The maximum atomic E-state index is 13.0. The van der Waals surface area contributed by atoms with E-state index in [1.54, 1.807) is 24.3 Å². The zero-order valence-corrected chi connectivity index (χ0v) is 23.4. The van der Waals surface area contributed by atoms with E-state index in [4.69, 9.17) is 15.2 Å². The van der Waals surface area contributed by atoms with Crippen molar-refractivity contribution in [1.29, 1.82) is 0 Å². The standard InChI is InChI=1S/C28H38BrN3O5/c1-4-28(2,3)32-26(34)24(31-25(33)12-6-5-9-17-30)18-20-13-15-22(16-14-20)37-27(35)36-19-21-10-7-8-11-23(21)29/h7-8,10-11,13-16,24H,4-6,9,12,17-19,30H2,1-3H3,(H,31,33)(H,32,34)/t24-/m0/s1. The van der Waals surface area contributed by atoms with Crippen LogP contribution in [0.2, 0.25) is 0 Å². The molecule has 2 aromatic carbocycles. The van der Waals surface area contributed by atoms with Gasteiger partial charge in [-0.25, -0.2) is 4.79 Å². The van der Waals surface area contributed by atoms with E-state index in [-0.39, 0.29) is 18.4 Å². The van der Waals surface area contributed by atoms with Gasteiger partial charge in [0.05, 0.1) is 0 Å². The maximum Gasteiger partial charge on any atom is 0.514 e. The molecule has 0 fully saturated rings. The number of carbonyl (C=O) groups excluding carboxylic acids is 3. The molecule has 37 heavy (non-hydrogen) atoms. The fraction of sp³-hybridized carbons (Fsp3) is 0.464. The van der Waals surface area contributed by atoms with Crippen molar-refractivity contribution >= 4 is 33.9 Å². The van der Waals surface area contributed by atoms with Crippen molar-refractivity contribution in [3.05, 3.63) is 64.1 Å². The first kappa shape index (κ1) is 30.3. The molecule has 0 bridgehead atoms. The van der Waals surface area contributed by atoms with Gasteiger partial charge in [0.25, 0.3) is 0 Å². The Balaban J connectivity index is 1.98. The van der Waals surface area contributed by atoms with Crippen LogP contribution >= 0.6 is 15.9 Å². The number of hydrogen-bond acceptors (Lipinski definition) is 6. The molecule has 0 saturated carbocycles. The van der Waals surface area contributed by atoms with Crippen molar-refractivity contribution in [2.75, 3.05) is 6.54 Å². The molecule has 0 heterocycles. The van der Waals surface area contributed by atoms with E-state index in [0.29, 0.717) is 25.1 Å². The Morgan fingerprint density at radius 3 is 2.38 bits per heavy atom. The highest BCUT2D eigenvalue weighted by atomic mass is 79.9. The van der Waals surface area contributed by atoms with Gasteiger partial charge < -0.3 is 25.8 Å². The molecule has 0 saturated heterocycles. The van der Waals surface area contributed by atoms with Gasteiger partial charge in [-0.1, -0.05) is 59.6 Å². The lowest BCUT2D eigenvalue weighted by molar-refractivity contribution is -0.130. The number of halogens is 1. The van der Waals surface area contributed by atoms with Crippen molar-refractivity contribution in [2.45, 2.75) is 77.5 Å². The van der Waals surface area contributed by atoms with Gasteiger partial charge in [-0.2, -0.15) is 0 Å². The zero-order chi connectivity index (χ0) is 27.3. The van der Waals surface area contributed by atoms with Crippen LogP contribution in [0, 0.1) is 0 Å². The quantitative estimate of drug-likeness (QED) is 0.165. The molecule has 8 nitrogen and oxygen atoms in total. The third-order valence-electron chi connectivity index (χ3n) is 5.97. The number of rotatable bonds is 14. The first-order valence-corrected chi connectivity index (χ1v) is 13.4. The Morgan fingerprint density at radius 2 is 1.73 bits per heavy atom. The predicted octanol–water partition coefficient (Wildman–Crippen LogP) is 5.02. The van der Waals surface area contributed by atoms with Crippen LogP contribution in [-0.4, -0.2) is 36.1 Å². The number of nitrogens with one attached hydrogen (secondary N) is 2. The minimum Gasteiger partial charge on any atom is -0.429 e. The lowest BCUT2D eigenvalue weighted by Crippen LogP contribution is -2.53. The summed E-state index contributed by atoms with van der Waals surface area (Å²) >= 11 is 3.41. The molecule has 0 spiro atoms. The Labute approximate surface area is 227 Å². The SMILES string of the molecule is CCC(C)(C)NC(=O)[C@H](Cc1ccc(OC(=O)OCc2ccccc2Br)cc1)NC(=O)CCCCCN. The third-order valence-corrected chi connectivity index (χ3v) is 6.75. The van der Waals surface area contributed by atoms with E-state index < -0.39 is 17.7 Å². The number of amides is 2. The van der Waals surface area contributed by atoms with Gasteiger partial charge >= 0.3 is 6.16 Å². The summed E-state index contributed by atoms with van der Waals surface area (Å²) in [6.45, 7) is 6.56. The Bertz CT molecular complexity index is 1030. The molecule has 0 aromatic heterocycles. The molecule has 2 amide bonds. The number of ether oxygens (including phenoxy) is 2. The van der Waals surface area contributed by atoms with E-state index >= 15 is 0 Å². The summed E-state index contributed by atoms with van der Waals surface area (Å²) in [6.07, 6.45) is 3.04. The van der Waals surface area contributed by atoms with Gasteiger partial charge in [0.15, 0.2) is 0 Å². The van der Waals surface area contributed by atoms with E-state index in [0.717, 1.165) is 41.3 Å². The van der Waals surface area contributed by atoms with E-state index in [2.05, 4.69) is 26.6 Å². The van der Waals surface area contributed by atoms with Gasteiger partial charge in [0.1, 0.15) is 18.4 Å². The van der Waals surface area contributed by atoms with Crippen LogP contribution in [0.3, 0.4) is 0 Å². The molecule has 0 unspecified atom stereocenters. The summed E-state index contributed by atoms with van der Waals surface area (Å²) in [6, 6.07) is 13.5. The fourth-order valence-electron chi connectivity index (χ4n) is 3.40. The number of unbranched alkanes of at least 4 members (excludes halogenated alkanes) is 2. The van der Waals surface area contributed by atoms with E-state index in [1.165, 1.54) is 0 Å². The van der Waals surface area contributed by atoms with Crippen molar-refractivity contribution in [3.63, 3.8) is 0 Å². The third kappa shape index (κ3) is 11.3. The fourth-order valence-corrected chi connectivity index (χ4v) is 3.80. The van der Waals surface area contributed by atoms with Crippen molar-refractivity contribution in [1.82, 2.24) is 10.6 Å². The number of benzene rings is 2. The van der Waals surface area contributed by atoms with E-state index in [1.807, 2.05) is 45.0 Å². The summed E-state index contributed by atoms with van der Waals surface area (Å²) in [5, 5.41) is 5.90. The Hall–Kier alpha value is -2.91. The van der Waals surface area contributed by atoms with Crippen molar-refractivity contribution < 1.29 is 23.9 Å². The molecule has 0 aliphatic carbocycles. The van der Waals surface area contributed by atoms with Crippen molar-refractivity contribution in [3.8, 4) is 5.75 Å². The van der Waals surface area contributed by atoms with Gasteiger partial charge in [-0.15, -0.1) is 0 Å². The normalized spacial score (nSPS) is 11.9. The lowest BCUT2D eigenvalue weighted by Gasteiger charge is -2.28. The highest BCUT2D eigenvalue weighted by Crippen LogP contribution is 2.18. The second-order valence-corrected chi connectivity index (χ2v) is 10.4. The molecule has 2 rings (SSSR count). The molecule has 202 valence electrons. The number of hydrogen-bond donors (Lipinski definition) is 3. The van der Waals surface area contributed by atoms with Gasteiger partial charge in [0, 0.05) is 28.4 Å². The molecule has 9 heteroatoms. The molecular formula is C28H38BrN3O5. The average molecular weight is 577 g/mol. The lowest BCUT2D eigenvalue weighted by atomic mass is 9.99. The molecule has 0 aliphatic heterocycles. The summed E-state index contributed by atoms with van der Waals surface area (Å²) in [5.74, 6) is -0.0877. The monoisotopic (exact) mass is 575 g/mol. The number of carbonyl (C=O) groups is 3. The first-order valence-electron chi connectivity index (χ1n) is 12.6. The Kier molecular flexibility index (Phi) is 12.6. The molecular weight excluding hydrogens is 538 g/mol. The van der Waals surface area contributed by atoms with Crippen LogP contribution in [0.5, 0.6) is 5.75 Å². The van der Waals surface area contributed by atoms with Gasteiger partial charge in [0.2, 0.25) is 11.8 Å². The zero-order valence-electron chi connectivity index (χ0n) is 21.8. The molecule has 4 N–H and O–H groups in total. The topological polar surface area (TPSA) is 120 Å².